The van der Waals surface area contributed by atoms with Gasteiger partial charge in [-0.05, 0) is 49.6 Å². The van der Waals surface area contributed by atoms with E-state index >= 15 is 0 Å². The Kier molecular flexibility index (Phi) is 10.7. The van der Waals surface area contributed by atoms with Crippen LogP contribution in [0.25, 0.3) is 0 Å². The Labute approximate surface area is 238 Å². The van der Waals surface area contributed by atoms with E-state index in [-0.39, 0.29) is 19.6 Å². The highest BCUT2D eigenvalue weighted by atomic mass is 16.6. The molecule has 0 radical (unpaired) electrons. The van der Waals surface area contributed by atoms with Crippen molar-refractivity contribution in [1.29, 1.82) is 0 Å². The molecule has 0 aromatic heterocycles. The van der Waals surface area contributed by atoms with Gasteiger partial charge in [0.15, 0.2) is 6.04 Å². The first-order valence-electron chi connectivity index (χ1n) is 12.8. The Morgan fingerprint density at radius 1 is 0.780 bits per heavy atom. The van der Waals surface area contributed by atoms with Gasteiger partial charge < -0.3 is 19.3 Å². The number of carboxylic acids is 1. The number of hydrazine groups is 1. The molecule has 3 aromatic rings. The summed E-state index contributed by atoms with van der Waals surface area (Å²) >= 11 is 0. The summed E-state index contributed by atoms with van der Waals surface area (Å²) in [5, 5.41) is 13.3. The van der Waals surface area contributed by atoms with Crippen molar-refractivity contribution in [2.24, 2.45) is 0 Å². The molecule has 11 heteroatoms. The van der Waals surface area contributed by atoms with Gasteiger partial charge in [0.2, 0.25) is 0 Å². The number of nitrogens with one attached hydrogen (secondary N) is 2. The van der Waals surface area contributed by atoms with Gasteiger partial charge in [0.05, 0.1) is 0 Å². The number of carbonyl (C=O) groups excluding carboxylic acids is 3. The lowest BCUT2D eigenvalue weighted by Gasteiger charge is -2.28. The molecule has 1 atom stereocenters. The first-order valence-corrected chi connectivity index (χ1v) is 12.8. The van der Waals surface area contributed by atoms with Gasteiger partial charge in [-0.1, -0.05) is 72.8 Å². The molecule has 216 valence electrons. The molecule has 0 saturated carbocycles. The zero-order valence-electron chi connectivity index (χ0n) is 23.0. The molecule has 0 heterocycles. The highest BCUT2D eigenvalue weighted by molar-refractivity contribution is 5.85. The van der Waals surface area contributed by atoms with Gasteiger partial charge >= 0.3 is 24.2 Å². The van der Waals surface area contributed by atoms with E-state index in [1.807, 2.05) is 6.07 Å². The van der Waals surface area contributed by atoms with Crippen molar-refractivity contribution in [3.05, 3.63) is 102 Å². The molecule has 3 N–H and O–H groups in total. The number of anilines is 1. The third kappa shape index (κ3) is 10.6. The van der Waals surface area contributed by atoms with Crippen LogP contribution in [-0.2, 0) is 38.6 Å². The summed E-state index contributed by atoms with van der Waals surface area (Å²) < 4.78 is 15.8. The maximum atomic E-state index is 13.1. The van der Waals surface area contributed by atoms with Crippen molar-refractivity contribution in [2.75, 3.05) is 5.32 Å². The predicted molar refractivity (Wildman–Crippen MR) is 150 cm³/mol. The lowest BCUT2D eigenvalue weighted by Crippen LogP contribution is -2.56. The SMILES string of the molecule is CC(C)(C)OC(=O)Nc1cccc(C[C@@H](C(=O)O)N(NC(=O)OCc2ccccc2)C(=O)OCc2ccccc2)c1. The number of nitrogens with zero attached hydrogens (tertiary/aromatic N) is 1. The predicted octanol–water partition coefficient (Wildman–Crippen LogP) is 5.51. The number of carbonyl (C=O) groups is 4. The van der Waals surface area contributed by atoms with E-state index in [1.54, 1.807) is 99.6 Å². The number of rotatable bonds is 9. The van der Waals surface area contributed by atoms with Crippen molar-refractivity contribution in [2.45, 2.75) is 52.0 Å². The third-order valence-electron chi connectivity index (χ3n) is 5.42. The Morgan fingerprint density at radius 3 is 1.90 bits per heavy atom. The highest BCUT2D eigenvalue weighted by Crippen LogP contribution is 2.17. The summed E-state index contributed by atoms with van der Waals surface area (Å²) in [5.74, 6) is -1.41. The zero-order valence-corrected chi connectivity index (χ0v) is 23.0. The van der Waals surface area contributed by atoms with Gasteiger partial charge in [-0.15, -0.1) is 0 Å². The van der Waals surface area contributed by atoms with E-state index in [2.05, 4.69) is 10.7 Å². The molecule has 0 aliphatic heterocycles. The second-order valence-electron chi connectivity index (χ2n) is 9.97. The summed E-state index contributed by atoms with van der Waals surface area (Å²) in [4.78, 5) is 50.3. The van der Waals surface area contributed by atoms with Gasteiger partial charge in [0.1, 0.15) is 18.8 Å². The summed E-state index contributed by atoms with van der Waals surface area (Å²) in [6, 6.07) is 22.4. The van der Waals surface area contributed by atoms with Crippen LogP contribution in [-0.4, -0.2) is 46.0 Å². The first kappa shape index (κ1) is 30.5. The maximum Gasteiger partial charge on any atom is 0.429 e. The van der Waals surface area contributed by atoms with Crippen molar-refractivity contribution in [1.82, 2.24) is 10.4 Å². The fourth-order valence-electron chi connectivity index (χ4n) is 3.60. The molecule has 11 nitrogen and oxygen atoms in total. The van der Waals surface area contributed by atoms with E-state index in [1.165, 1.54) is 0 Å². The molecule has 3 amide bonds. The molecule has 0 saturated heterocycles. The minimum atomic E-state index is -1.58. The Hall–Kier alpha value is -5.06. The number of aliphatic carboxylic acids is 1. The zero-order chi connectivity index (χ0) is 29.8. The lowest BCUT2D eigenvalue weighted by atomic mass is 10.0. The van der Waals surface area contributed by atoms with Crippen LogP contribution in [0.1, 0.15) is 37.5 Å². The number of hydrogen-bond acceptors (Lipinski definition) is 7. The number of benzene rings is 3. The molecule has 41 heavy (non-hydrogen) atoms. The normalized spacial score (nSPS) is 11.5. The van der Waals surface area contributed by atoms with Crippen LogP contribution in [0.5, 0.6) is 0 Å². The average Bonchev–Trinajstić information content (AvgIpc) is 2.92. The van der Waals surface area contributed by atoms with Crippen LogP contribution in [0.15, 0.2) is 84.9 Å². The lowest BCUT2D eigenvalue weighted by molar-refractivity contribution is -0.143. The van der Waals surface area contributed by atoms with Crippen LogP contribution >= 0.6 is 0 Å². The van der Waals surface area contributed by atoms with Crippen molar-refractivity contribution < 1.29 is 38.5 Å². The smallest absolute Gasteiger partial charge is 0.429 e. The van der Waals surface area contributed by atoms with E-state index in [4.69, 9.17) is 14.2 Å². The van der Waals surface area contributed by atoms with Gasteiger partial charge in [0.25, 0.3) is 0 Å². The van der Waals surface area contributed by atoms with Crippen molar-refractivity contribution in [3.63, 3.8) is 0 Å². The first-order chi connectivity index (χ1) is 19.5. The molecule has 0 fully saturated rings. The van der Waals surface area contributed by atoms with Crippen LogP contribution in [0, 0.1) is 0 Å². The van der Waals surface area contributed by atoms with E-state index < -0.39 is 35.9 Å². The molecule has 0 unspecified atom stereocenters. The van der Waals surface area contributed by atoms with Crippen LogP contribution < -0.4 is 10.7 Å². The fourth-order valence-corrected chi connectivity index (χ4v) is 3.60. The molecular formula is C30H33N3O8. The molecule has 0 bridgehead atoms. The average molecular weight is 564 g/mol. The summed E-state index contributed by atoms with van der Waals surface area (Å²) in [6.45, 7) is 4.92. The van der Waals surface area contributed by atoms with Crippen molar-refractivity contribution in [3.8, 4) is 0 Å². The minimum Gasteiger partial charge on any atom is -0.480 e. The standard InChI is InChI=1S/C30H33N3O8/c1-30(2,3)41-27(36)31-24-16-10-15-23(17-24)18-25(26(34)35)33(29(38)40-20-22-13-8-5-9-14-22)32-28(37)39-19-21-11-6-4-7-12-21/h4-17,25H,18-20H2,1-3H3,(H,31,36)(H,32,37)(H,34,35)/t25-/m0/s1. The number of amides is 3. The number of ether oxygens (including phenoxy) is 3. The Balaban J connectivity index is 1.77. The summed E-state index contributed by atoms with van der Waals surface area (Å²) in [5.41, 5.74) is 3.69. The second-order valence-corrected chi connectivity index (χ2v) is 9.97. The number of carboxylic acid groups (broad SMARTS) is 1. The molecule has 3 aromatic carbocycles. The van der Waals surface area contributed by atoms with E-state index in [0.29, 0.717) is 27.4 Å². The minimum absolute atomic E-state index is 0.101. The summed E-state index contributed by atoms with van der Waals surface area (Å²) in [7, 11) is 0. The van der Waals surface area contributed by atoms with Crippen LogP contribution in [0.4, 0.5) is 20.1 Å². The fraction of sp³-hybridized carbons (Fsp3) is 0.267. The highest BCUT2D eigenvalue weighted by Gasteiger charge is 2.33. The monoisotopic (exact) mass is 563 g/mol. The maximum absolute atomic E-state index is 13.1. The van der Waals surface area contributed by atoms with E-state index in [0.717, 1.165) is 0 Å². The van der Waals surface area contributed by atoms with Gasteiger partial charge in [-0.2, -0.15) is 0 Å². The van der Waals surface area contributed by atoms with Gasteiger partial charge in [0, 0.05) is 12.1 Å². The Bertz CT molecular complexity index is 1330. The molecular weight excluding hydrogens is 530 g/mol. The summed E-state index contributed by atoms with van der Waals surface area (Å²) in [6.07, 6.45) is -3.06. The molecule has 0 aliphatic rings. The molecule has 3 rings (SSSR count). The van der Waals surface area contributed by atoms with Gasteiger partial charge in [-0.25, -0.2) is 29.6 Å². The Morgan fingerprint density at radius 2 is 1.34 bits per heavy atom. The largest absolute Gasteiger partial charge is 0.480 e. The van der Waals surface area contributed by atoms with Gasteiger partial charge in [-0.3, -0.25) is 5.32 Å². The molecule has 0 spiro atoms. The quantitative estimate of drug-likeness (QED) is 0.228. The molecule has 0 aliphatic carbocycles. The van der Waals surface area contributed by atoms with Crippen LogP contribution in [0.2, 0.25) is 0 Å². The van der Waals surface area contributed by atoms with Crippen LogP contribution in [0.3, 0.4) is 0 Å². The topological polar surface area (TPSA) is 144 Å². The van der Waals surface area contributed by atoms with Crippen molar-refractivity contribution >= 4 is 29.9 Å². The number of hydrogen-bond donors (Lipinski definition) is 3. The third-order valence-corrected chi connectivity index (χ3v) is 5.42. The second kappa shape index (κ2) is 14.4. The van der Waals surface area contributed by atoms with E-state index in [9.17, 15) is 24.3 Å².